The molecular formula is C9H13N3OS. The number of thiazole rings is 1. The first-order valence-electron chi connectivity index (χ1n) is 4.58. The molecule has 0 saturated heterocycles. The summed E-state index contributed by atoms with van der Waals surface area (Å²) < 4.78 is 0. The summed E-state index contributed by atoms with van der Waals surface area (Å²) in [7, 11) is 0. The minimum Gasteiger partial charge on any atom is -0.348 e. The second-order valence-corrected chi connectivity index (χ2v) is 4.66. The van der Waals surface area contributed by atoms with Gasteiger partial charge in [-0.25, -0.2) is 4.98 Å². The first-order valence-corrected chi connectivity index (χ1v) is 5.46. The molecule has 76 valence electrons. The zero-order valence-electron chi connectivity index (χ0n) is 8.04. The van der Waals surface area contributed by atoms with Crippen molar-refractivity contribution in [3.8, 4) is 0 Å². The van der Waals surface area contributed by atoms with E-state index in [1.54, 1.807) is 11.3 Å². The van der Waals surface area contributed by atoms with Gasteiger partial charge < -0.3 is 11.1 Å². The van der Waals surface area contributed by atoms with Crippen LogP contribution in [0.5, 0.6) is 0 Å². The number of aryl methyl sites for hydroxylation is 1. The van der Waals surface area contributed by atoms with E-state index >= 15 is 0 Å². The zero-order valence-corrected chi connectivity index (χ0v) is 8.86. The van der Waals surface area contributed by atoms with Crippen LogP contribution in [-0.2, 0) is 11.3 Å². The minimum absolute atomic E-state index is 0.0506. The molecule has 5 heteroatoms. The molecular weight excluding hydrogens is 198 g/mol. The molecule has 0 atom stereocenters. The first-order chi connectivity index (χ1) is 6.60. The van der Waals surface area contributed by atoms with Crippen molar-refractivity contribution >= 4 is 17.2 Å². The van der Waals surface area contributed by atoms with Gasteiger partial charge in [0.05, 0.1) is 12.1 Å². The number of carbonyl (C=O) groups is 1. The van der Waals surface area contributed by atoms with Crippen LogP contribution >= 0.6 is 11.3 Å². The SMILES string of the molecule is Cc1csc(CNC(=O)C2(N)CC2)n1. The smallest absolute Gasteiger partial charge is 0.240 e. The number of nitrogens with one attached hydrogen (secondary N) is 1. The van der Waals surface area contributed by atoms with Crippen LogP contribution in [0.3, 0.4) is 0 Å². The van der Waals surface area contributed by atoms with E-state index in [2.05, 4.69) is 10.3 Å². The van der Waals surface area contributed by atoms with Gasteiger partial charge in [-0.2, -0.15) is 0 Å². The molecule has 0 aliphatic heterocycles. The maximum atomic E-state index is 11.4. The lowest BCUT2D eigenvalue weighted by atomic mass is 10.3. The van der Waals surface area contributed by atoms with Gasteiger partial charge in [-0.15, -0.1) is 11.3 Å². The third-order valence-corrected chi connectivity index (χ3v) is 3.27. The van der Waals surface area contributed by atoms with Crippen molar-refractivity contribution in [3.05, 3.63) is 16.1 Å². The lowest BCUT2D eigenvalue weighted by Gasteiger charge is -2.07. The summed E-state index contributed by atoms with van der Waals surface area (Å²) in [6.07, 6.45) is 1.60. The van der Waals surface area contributed by atoms with Gasteiger partial charge >= 0.3 is 0 Å². The molecule has 1 aromatic heterocycles. The summed E-state index contributed by atoms with van der Waals surface area (Å²) in [4.78, 5) is 15.7. The highest BCUT2D eigenvalue weighted by atomic mass is 32.1. The number of amides is 1. The lowest BCUT2D eigenvalue weighted by molar-refractivity contribution is -0.123. The van der Waals surface area contributed by atoms with Gasteiger partial charge in [0.2, 0.25) is 5.91 Å². The van der Waals surface area contributed by atoms with Crippen molar-refractivity contribution in [3.63, 3.8) is 0 Å². The van der Waals surface area contributed by atoms with Crippen molar-refractivity contribution in [2.45, 2.75) is 31.8 Å². The summed E-state index contributed by atoms with van der Waals surface area (Å²) in [6.45, 7) is 2.43. The molecule has 1 aliphatic carbocycles. The van der Waals surface area contributed by atoms with E-state index in [0.717, 1.165) is 23.5 Å². The fourth-order valence-electron chi connectivity index (χ4n) is 1.18. The van der Waals surface area contributed by atoms with Gasteiger partial charge in [-0.3, -0.25) is 4.79 Å². The van der Waals surface area contributed by atoms with Gasteiger partial charge in [0.15, 0.2) is 0 Å². The van der Waals surface area contributed by atoms with Crippen LogP contribution in [0.25, 0.3) is 0 Å². The predicted octanol–water partition coefficient (Wildman–Crippen LogP) is 0.559. The van der Waals surface area contributed by atoms with Gasteiger partial charge in [0.25, 0.3) is 0 Å². The van der Waals surface area contributed by atoms with Gasteiger partial charge in [-0.1, -0.05) is 0 Å². The Hall–Kier alpha value is -0.940. The van der Waals surface area contributed by atoms with Gasteiger partial charge in [0, 0.05) is 11.1 Å². The molecule has 1 aliphatic rings. The zero-order chi connectivity index (χ0) is 10.2. The number of carbonyl (C=O) groups excluding carboxylic acids is 1. The van der Waals surface area contributed by atoms with Crippen LogP contribution in [0.4, 0.5) is 0 Å². The van der Waals surface area contributed by atoms with Crippen LogP contribution in [-0.4, -0.2) is 16.4 Å². The molecule has 0 bridgehead atoms. The number of rotatable bonds is 3. The normalized spacial score (nSPS) is 17.9. The summed E-state index contributed by atoms with van der Waals surface area (Å²) >= 11 is 1.56. The molecule has 0 unspecified atom stereocenters. The maximum absolute atomic E-state index is 11.4. The third-order valence-electron chi connectivity index (χ3n) is 2.31. The molecule has 1 heterocycles. The fraction of sp³-hybridized carbons (Fsp3) is 0.556. The van der Waals surface area contributed by atoms with Gasteiger partial charge in [-0.05, 0) is 19.8 Å². The Morgan fingerprint density at radius 1 is 1.79 bits per heavy atom. The highest BCUT2D eigenvalue weighted by Gasteiger charge is 2.45. The lowest BCUT2D eigenvalue weighted by Crippen LogP contribution is -2.42. The fourth-order valence-corrected chi connectivity index (χ4v) is 1.89. The standard InChI is InChI=1S/C9H13N3OS/c1-6-5-14-7(12-6)4-11-8(13)9(10)2-3-9/h5H,2-4,10H2,1H3,(H,11,13). The maximum Gasteiger partial charge on any atom is 0.240 e. The minimum atomic E-state index is -0.577. The van der Waals surface area contributed by atoms with Crippen molar-refractivity contribution in [2.24, 2.45) is 5.73 Å². The third kappa shape index (κ3) is 1.93. The monoisotopic (exact) mass is 211 g/mol. The molecule has 14 heavy (non-hydrogen) atoms. The van der Waals surface area contributed by atoms with E-state index in [4.69, 9.17) is 5.73 Å². The number of nitrogens with two attached hydrogens (primary N) is 1. The molecule has 4 nitrogen and oxygen atoms in total. The van der Waals surface area contributed by atoms with Crippen LogP contribution in [0.2, 0.25) is 0 Å². The number of nitrogens with zero attached hydrogens (tertiary/aromatic N) is 1. The van der Waals surface area contributed by atoms with Crippen molar-refractivity contribution in [1.29, 1.82) is 0 Å². The second kappa shape index (κ2) is 3.33. The summed E-state index contributed by atoms with van der Waals surface area (Å²) in [5.41, 5.74) is 6.15. The Morgan fingerprint density at radius 3 is 3.00 bits per heavy atom. The summed E-state index contributed by atoms with van der Waals surface area (Å²) in [5.74, 6) is -0.0506. The van der Waals surface area contributed by atoms with Crippen LogP contribution in [0.1, 0.15) is 23.5 Å². The Morgan fingerprint density at radius 2 is 2.50 bits per heavy atom. The predicted molar refractivity (Wildman–Crippen MR) is 54.9 cm³/mol. The molecule has 1 aromatic rings. The highest BCUT2D eigenvalue weighted by Crippen LogP contribution is 2.32. The highest BCUT2D eigenvalue weighted by molar-refractivity contribution is 7.09. The molecule has 0 spiro atoms. The van der Waals surface area contributed by atoms with Crippen molar-refractivity contribution in [1.82, 2.24) is 10.3 Å². The van der Waals surface area contributed by atoms with E-state index in [0.29, 0.717) is 6.54 Å². The van der Waals surface area contributed by atoms with E-state index < -0.39 is 5.54 Å². The average Bonchev–Trinajstić information content (AvgIpc) is 2.76. The molecule has 0 radical (unpaired) electrons. The van der Waals surface area contributed by atoms with Crippen molar-refractivity contribution < 1.29 is 4.79 Å². The second-order valence-electron chi connectivity index (χ2n) is 3.72. The number of hydrogen-bond donors (Lipinski definition) is 2. The van der Waals surface area contributed by atoms with E-state index in [1.807, 2.05) is 12.3 Å². The summed E-state index contributed by atoms with van der Waals surface area (Å²) in [6, 6.07) is 0. The molecule has 1 fully saturated rings. The van der Waals surface area contributed by atoms with Gasteiger partial charge in [0.1, 0.15) is 5.01 Å². The Balaban J connectivity index is 1.85. The number of hydrogen-bond acceptors (Lipinski definition) is 4. The molecule has 1 amide bonds. The van der Waals surface area contributed by atoms with E-state index in [9.17, 15) is 4.79 Å². The molecule has 0 aromatic carbocycles. The van der Waals surface area contributed by atoms with E-state index in [1.165, 1.54) is 0 Å². The Labute approximate surface area is 86.5 Å². The quantitative estimate of drug-likeness (QED) is 0.767. The number of aromatic nitrogens is 1. The topological polar surface area (TPSA) is 68.0 Å². The Bertz CT molecular complexity index is 357. The Kier molecular flexibility index (Phi) is 2.28. The van der Waals surface area contributed by atoms with Crippen molar-refractivity contribution in [2.75, 3.05) is 0 Å². The van der Waals surface area contributed by atoms with Crippen LogP contribution in [0, 0.1) is 6.92 Å². The molecule has 3 N–H and O–H groups in total. The molecule has 1 saturated carbocycles. The van der Waals surface area contributed by atoms with Crippen LogP contribution in [0.15, 0.2) is 5.38 Å². The van der Waals surface area contributed by atoms with E-state index in [-0.39, 0.29) is 5.91 Å². The summed E-state index contributed by atoms with van der Waals surface area (Å²) in [5, 5.41) is 5.70. The molecule has 2 rings (SSSR count). The average molecular weight is 211 g/mol. The first kappa shape index (κ1) is 9.61. The largest absolute Gasteiger partial charge is 0.348 e. The van der Waals surface area contributed by atoms with Crippen LogP contribution < -0.4 is 11.1 Å².